The molecule has 1 aromatic heterocycles. The van der Waals surface area contributed by atoms with Gasteiger partial charge in [0, 0.05) is 25.1 Å². The third kappa shape index (κ3) is 2.59. The Morgan fingerprint density at radius 1 is 1.39 bits per heavy atom. The van der Waals surface area contributed by atoms with Crippen LogP contribution < -0.4 is 10.1 Å². The molecule has 0 radical (unpaired) electrons. The zero-order valence-corrected chi connectivity index (χ0v) is 10.6. The van der Waals surface area contributed by atoms with Crippen molar-refractivity contribution < 1.29 is 9.53 Å². The average Bonchev–Trinajstić information content (AvgIpc) is 2.38. The van der Waals surface area contributed by atoms with Gasteiger partial charge >= 0.3 is 0 Å². The van der Waals surface area contributed by atoms with Gasteiger partial charge in [-0.15, -0.1) is 0 Å². The van der Waals surface area contributed by atoms with E-state index in [0.29, 0.717) is 6.54 Å². The van der Waals surface area contributed by atoms with Gasteiger partial charge in [-0.05, 0) is 24.1 Å². The van der Waals surface area contributed by atoms with Gasteiger partial charge in [0.05, 0.1) is 7.11 Å². The molecule has 1 heterocycles. The van der Waals surface area contributed by atoms with Crippen LogP contribution >= 0.6 is 0 Å². The van der Waals surface area contributed by atoms with Crippen molar-refractivity contribution in [3.63, 3.8) is 0 Å². The van der Waals surface area contributed by atoms with Gasteiger partial charge < -0.3 is 10.1 Å². The lowest BCUT2D eigenvalue weighted by Crippen LogP contribution is -2.22. The summed E-state index contributed by atoms with van der Waals surface area (Å²) in [6.45, 7) is 2.15. The van der Waals surface area contributed by atoms with Gasteiger partial charge in [0.1, 0.15) is 11.3 Å². The van der Waals surface area contributed by atoms with E-state index in [0.717, 1.165) is 28.6 Å². The molecule has 0 atom stereocenters. The number of hydrogen-bond acceptors (Lipinski definition) is 3. The van der Waals surface area contributed by atoms with E-state index < -0.39 is 0 Å². The number of benzene rings is 1. The zero-order chi connectivity index (χ0) is 13.0. The maximum absolute atomic E-state index is 10.9. The van der Waals surface area contributed by atoms with Crippen LogP contribution in [0.15, 0.2) is 30.5 Å². The number of amides is 1. The van der Waals surface area contributed by atoms with Crippen LogP contribution in [0.2, 0.25) is 0 Å². The maximum atomic E-state index is 10.9. The number of nitrogens with one attached hydrogen (secondary N) is 1. The summed E-state index contributed by atoms with van der Waals surface area (Å²) in [4.78, 5) is 15.2. The van der Waals surface area contributed by atoms with Crippen molar-refractivity contribution in [2.45, 2.75) is 13.3 Å². The van der Waals surface area contributed by atoms with Gasteiger partial charge in [0.25, 0.3) is 0 Å². The maximum Gasteiger partial charge on any atom is 0.216 e. The summed E-state index contributed by atoms with van der Waals surface area (Å²) in [5.41, 5.74) is 2.02. The molecule has 94 valence electrons. The Kier molecular flexibility index (Phi) is 3.77. The first kappa shape index (κ1) is 12.4. The number of rotatable bonds is 4. The Morgan fingerprint density at radius 3 is 2.94 bits per heavy atom. The summed E-state index contributed by atoms with van der Waals surface area (Å²) < 4.78 is 5.29. The Labute approximate surface area is 106 Å². The summed E-state index contributed by atoms with van der Waals surface area (Å²) >= 11 is 0. The summed E-state index contributed by atoms with van der Waals surface area (Å²) in [5, 5.41) is 3.87. The summed E-state index contributed by atoms with van der Waals surface area (Å²) in [5.74, 6) is 0.764. The van der Waals surface area contributed by atoms with E-state index in [-0.39, 0.29) is 5.91 Å². The normalized spacial score (nSPS) is 10.3. The second-order valence-corrected chi connectivity index (χ2v) is 4.06. The van der Waals surface area contributed by atoms with E-state index in [9.17, 15) is 4.79 Å². The van der Waals surface area contributed by atoms with Crippen molar-refractivity contribution in [1.29, 1.82) is 0 Å². The number of pyridine rings is 1. The van der Waals surface area contributed by atoms with E-state index >= 15 is 0 Å². The largest absolute Gasteiger partial charge is 0.494 e. The molecule has 0 aliphatic carbocycles. The van der Waals surface area contributed by atoms with E-state index in [1.54, 1.807) is 13.3 Å². The van der Waals surface area contributed by atoms with Gasteiger partial charge in [-0.2, -0.15) is 0 Å². The molecule has 18 heavy (non-hydrogen) atoms. The van der Waals surface area contributed by atoms with Crippen molar-refractivity contribution in [2.75, 3.05) is 13.7 Å². The molecule has 0 unspecified atom stereocenters. The molecule has 4 nitrogen and oxygen atoms in total. The molecule has 0 fully saturated rings. The first-order valence-electron chi connectivity index (χ1n) is 5.87. The first-order valence-corrected chi connectivity index (χ1v) is 5.87. The van der Waals surface area contributed by atoms with Crippen LogP contribution in [0.5, 0.6) is 5.75 Å². The van der Waals surface area contributed by atoms with Crippen molar-refractivity contribution in [1.82, 2.24) is 10.3 Å². The van der Waals surface area contributed by atoms with Crippen LogP contribution in [0, 0.1) is 0 Å². The van der Waals surface area contributed by atoms with Gasteiger partial charge in [-0.25, -0.2) is 0 Å². The molecular weight excluding hydrogens is 228 g/mol. The molecule has 0 aliphatic rings. The molecule has 1 aromatic carbocycles. The molecule has 0 bridgehead atoms. The second-order valence-electron chi connectivity index (χ2n) is 4.06. The molecule has 4 heteroatoms. The topological polar surface area (TPSA) is 51.2 Å². The number of fused-ring (bicyclic) bond motifs is 1. The predicted octanol–water partition coefficient (Wildman–Crippen LogP) is 1.92. The molecule has 2 rings (SSSR count). The van der Waals surface area contributed by atoms with Crippen LogP contribution in [0.25, 0.3) is 10.9 Å². The molecule has 0 aliphatic heterocycles. The van der Waals surface area contributed by atoms with Crippen LogP contribution in [0.3, 0.4) is 0 Å². The molecule has 2 aromatic rings. The number of carbonyl (C=O) groups excluding carboxylic acids is 1. The lowest BCUT2D eigenvalue weighted by atomic mass is 10.0. The summed E-state index contributed by atoms with van der Waals surface area (Å²) in [7, 11) is 1.64. The van der Waals surface area contributed by atoms with Crippen molar-refractivity contribution >= 4 is 16.8 Å². The highest BCUT2D eigenvalue weighted by molar-refractivity contribution is 5.87. The van der Waals surface area contributed by atoms with E-state index in [4.69, 9.17) is 4.74 Å². The number of nitrogens with zero attached hydrogens (tertiary/aromatic N) is 1. The highest BCUT2D eigenvalue weighted by Crippen LogP contribution is 2.26. The predicted molar refractivity (Wildman–Crippen MR) is 70.7 cm³/mol. The van der Waals surface area contributed by atoms with Crippen molar-refractivity contribution in [3.05, 3.63) is 36.0 Å². The average molecular weight is 244 g/mol. The molecule has 1 N–H and O–H groups in total. The Balaban J connectivity index is 2.31. The Bertz CT molecular complexity index is 567. The standard InChI is InChI=1S/C14H16N2O2/c1-10(17)15-9-7-11-5-6-13(18-2)14-12(11)4-3-8-16-14/h3-6,8H,7,9H2,1-2H3,(H,15,17). The molecule has 1 amide bonds. The van der Waals surface area contributed by atoms with Gasteiger partial charge in [0.15, 0.2) is 0 Å². The highest BCUT2D eigenvalue weighted by Gasteiger charge is 2.06. The fourth-order valence-corrected chi connectivity index (χ4v) is 1.96. The van der Waals surface area contributed by atoms with E-state index in [2.05, 4.69) is 10.3 Å². The van der Waals surface area contributed by atoms with E-state index in [1.165, 1.54) is 6.92 Å². The first-order chi connectivity index (χ1) is 8.72. The number of carbonyl (C=O) groups is 1. The van der Waals surface area contributed by atoms with Crippen molar-refractivity contribution in [3.8, 4) is 5.75 Å². The van der Waals surface area contributed by atoms with Gasteiger partial charge in [-0.3, -0.25) is 9.78 Å². The number of hydrogen-bond donors (Lipinski definition) is 1. The SMILES string of the molecule is COc1ccc(CCNC(C)=O)c2cccnc12. The minimum Gasteiger partial charge on any atom is -0.494 e. The second kappa shape index (κ2) is 5.49. The van der Waals surface area contributed by atoms with Crippen molar-refractivity contribution in [2.24, 2.45) is 0 Å². The minimum absolute atomic E-state index is 0.00839. The van der Waals surface area contributed by atoms with E-state index in [1.807, 2.05) is 24.3 Å². The monoisotopic (exact) mass is 244 g/mol. The highest BCUT2D eigenvalue weighted by atomic mass is 16.5. The minimum atomic E-state index is -0.00839. The van der Waals surface area contributed by atoms with Crippen LogP contribution in [-0.4, -0.2) is 24.5 Å². The zero-order valence-electron chi connectivity index (χ0n) is 10.6. The summed E-state index contributed by atoms with van der Waals surface area (Å²) in [6.07, 6.45) is 2.54. The lowest BCUT2D eigenvalue weighted by Gasteiger charge is -2.09. The number of methoxy groups -OCH3 is 1. The summed E-state index contributed by atoms with van der Waals surface area (Å²) in [6, 6.07) is 7.86. The number of ether oxygens (including phenoxy) is 1. The Morgan fingerprint density at radius 2 is 2.22 bits per heavy atom. The fraction of sp³-hybridized carbons (Fsp3) is 0.286. The quantitative estimate of drug-likeness (QED) is 0.894. The molecule has 0 saturated carbocycles. The van der Waals surface area contributed by atoms with Gasteiger partial charge in [0.2, 0.25) is 5.91 Å². The third-order valence-corrected chi connectivity index (χ3v) is 2.81. The number of aromatic nitrogens is 1. The van der Waals surface area contributed by atoms with Crippen LogP contribution in [0.1, 0.15) is 12.5 Å². The lowest BCUT2D eigenvalue weighted by molar-refractivity contribution is -0.118. The van der Waals surface area contributed by atoms with Gasteiger partial charge in [-0.1, -0.05) is 12.1 Å². The Hall–Kier alpha value is -2.10. The van der Waals surface area contributed by atoms with Crippen LogP contribution in [0.4, 0.5) is 0 Å². The molecule has 0 saturated heterocycles. The third-order valence-electron chi connectivity index (χ3n) is 2.81. The molecular formula is C14H16N2O2. The fourth-order valence-electron chi connectivity index (χ4n) is 1.96. The van der Waals surface area contributed by atoms with Crippen LogP contribution in [-0.2, 0) is 11.2 Å². The smallest absolute Gasteiger partial charge is 0.216 e. The molecule has 0 spiro atoms.